The zero-order valence-corrected chi connectivity index (χ0v) is 33.8. The fraction of sp³-hybridized carbons (Fsp3) is 0.442. The highest BCUT2D eigenvalue weighted by Gasteiger charge is 2.36. The van der Waals surface area contributed by atoms with E-state index in [4.69, 9.17) is 18.6 Å². The number of nitrogens with zero attached hydrogens (tertiary/aromatic N) is 1. The number of phenols is 1. The number of aryl methyl sites for hydroxylation is 1. The van der Waals surface area contributed by atoms with Gasteiger partial charge in [0.05, 0.1) is 41.3 Å². The van der Waals surface area contributed by atoms with Crippen LogP contribution in [0.15, 0.2) is 62.3 Å². The molecule has 6 rings (SSSR count). The number of rotatable bonds is 1. The zero-order chi connectivity index (χ0) is 42.2. The third kappa shape index (κ3) is 8.26. The van der Waals surface area contributed by atoms with Gasteiger partial charge in [0.15, 0.2) is 16.7 Å². The van der Waals surface area contributed by atoms with Crippen molar-refractivity contribution in [3.8, 4) is 11.5 Å². The van der Waals surface area contributed by atoms with Crippen molar-refractivity contribution in [2.45, 2.75) is 93.0 Å². The number of hydrogen-bond acceptors (Lipinski definition) is 13. The van der Waals surface area contributed by atoms with Crippen molar-refractivity contribution in [3.05, 3.63) is 85.1 Å². The Morgan fingerprint density at radius 2 is 1.53 bits per heavy atom. The van der Waals surface area contributed by atoms with Crippen molar-refractivity contribution in [2.75, 3.05) is 12.4 Å². The van der Waals surface area contributed by atoms with Gasteiger partial charge in [-0.15, -0.1) is 0 Å². The summed E-state index contributed by atoms with van der Waals surface area (Å²) < 4.78 is 23.9. The van der Waals surface area contributed by atoms with Crippen LogP contribution in [0.4, 0.5) is 5.69 Å². The summed E-state index contributed by atoms with van der Waals surface area (Å²) in [7, 11) is 1.46. The van der Waals surface area contributed by atoms with E-state index in [0.29, 0.717) is 5.56 Å². The van der Waals surface area contributed by atoms with Crippen molar-refractivity contribution in [3.63, 3.8) is 0 Å². The van der Waals surface area contributed by atoms with E-state index in [-0.39, 0.29) is 66.5 Å². The van der Waals surface area contributed by atoms with E-state index in [0.717, 1.165) is 0 Å². The van der Waals surface area contributed by atoms with Crippen molar-refractivity contribution >= 4 is 50.3 Å². The van der Waals surface area contributed by atoms with Gasteiger partial charge in [0.2, 0.25) is 17.1 Å². The van der Waals surface area contributed by atoms with E-state index in [1.54, 1.807) is 65.8 Å². The molecular formula is C43H52N2O12. The van der Waals surface area contributed by atoms with Crippen LogP contribution in [0.5, 0.6) is 11.5 Å². The second kappa shape index (κ2) is 17.1. The summed E-state index contributed by atoms with van der Waals surface area (Å²) in [6.07, 6.45) is 2.65. The third-order valence-electron chi connectivity index (χ3n) is 11.0. The van der Waals surface area contributed by atoms with E-state index in [2.05, 4.69) is 10.3 Å². The number of carbonyl (C=O) groups excluding carboxylic acids is 1. The Bertz CT molecular complexity index is 2470. The van der Waals surface area contributed by atoms with Crippen molar-refractivity contribution < 1.29 is 49.0 Å². The number of allylic oxidation sites excluding steroid dienone is 2. The van der Waals surface area contributed by atoms with Gasteiger partial charge in [-0.3, -0.25) is 14.4 Å². The summed E-state index contributed by atoms with van der Waals surface area (Å²) in [6.45, 7) is 14.5. The Hall–Kier alpha value is -5.28. The molecule has 306 valence electrons. The number of anilines is 1. The van der Waals surface area contributed by atoms with Crippen LogP contribution in [0.1, 0.15) is 59.6 Å². The summed E-state index contributed by atoms with van der Waals surface area (Å²) in [5.41, 5.74) is -1.37. The number of ether oxygens (including phenoxy) is 3. The molecule has 0 spiro atoms. The summed E-state index contributed by atoms with van der Waals surface area (Å²) in [6, 6.07) is 2.92. The number of aliphatic hydroxyl groups excluding tert-OH is 4. The fourth-order valence-electron chi connectivity index (χ4n) is 7.40. The van der Waals surface area contributed by atoms with Gasteiger partial charge in [0.1, 0.15) is 28.5 Å². The SMILES string of the molecule is CO[C@H]1/C=C/O[C@@H](C)Oc2c(C)c(O)c3c(=O)c(c4oc5cc(C)cc(=O)c5nc4c3c2=C(C)O)NC(=O)/C(C)=C\C=C\[C@H](C)[C@H](O)[C@@H](C)[C@@H](O)[C@@H](C)[C@H](O)[C@@H]1C. The maximum Gasteiger partial charge on any atom is 0.251 e. The van der Waals surface area contributed by atoms with E-state index < -0.39 is 76.9 Å². The molecule has 0 saturated carbocycles. The minimum atomic E-state index is -1.10. The average molecular weight is 789 g/mol. The summed E-state index contributed by atoms with van der Waals surface area (Å²) in [5, 5.41) is 58.8. The van der Waals surface area contributed by atoms with E-state index in [1.807, 2.05) is 0 Å². The number of hydrogen-bond donors (Lipinski definition) is 6. The first-order valence-corrected chi connectivity index (χ1v) is 18.8. The lowest BCUT2D eigenvalue weighted by Gasteiger charge is -2.36. The first-order chi connectivity index (χ1) is 26.8. The maximum absolute atomic E-state index is 14.5. The number of carbonyl (C=O) groups is 1. The van der Waals surface area contributed by atoms with Gasteiger partial charge in [-0.05, 0) is 51.5 Å². The molecule has 1 amide bonds. The van der Waals surface area contributed by atoms with Gasteiger partial charge in [0, 0.05) is 54.2 Å². The lowest BCUT2D eigenvalue weighted by Crippen LogP contribution is -2.44. The number of aromatic nitrogens is 1. The molecule has 14 nitrogen and oxygen atoms in total. The quantitative estimate of drug-likeness (QED) is 0.112. The van der Waals surface area contributed by atoms with Crippen LogP contribution in [-0.4, -0.2) is 74.2 Å². The molecule has 0 fully saturated rings. The second-order valence-corrected chi connectivity index (χ2v) is 15.2. The van der Waals surface area contributed by atoms with Gasteiger partial charge in [-0.1, -0.05) is 45.9 Å². The van der Waals surface area contributed by atoms with Crippen LogP contribution in [-0.2, 0) is 14.3 Å². The van der Waals surface area contributed by atoms with Crippen LogP contribution in [0.25, 0.3) is 38.7 Å². The topological polar surface area (TPSA) is 218 Å². The van der Waals surface area contributed by atoms with Crippen LogP contribution in [0.3, 0.4) is 0 Å². The molecule has 0 saturated heterocycles. The molecule has 3 aromatic carbocycles. The number of phenolic OH excluding ortho intramolecular Hbond substituents is 1. The molecule has 3 heterocycles. The Labute approximate surface area is 329 Å². The van der Waals surface area contributed by atoms with Crippen molar-refractivity contribution in [2.24, 2.45) is 23.7 Å². The highest BCUT2D eigenvalue weighted by Crippen LogP contribution is 2.37. The third-order valence-corrected chi connectivity index (χ3v) is 11.0. The minimum absolute atomic E-state index is 0.0336. The first kappa shape index (κ1) is 42.9. The Kier molecular flexibility index (Phi) is 12.8. The smallest absolute Gasteiger partial charge is 0.251 e. The molecule has 0 aliphatic carbocycles. The van der Waals surface area contributed by atoms with E-state index in [9.17, 15) is 39.9 Å². The summed E-state index contributed by atoms with van der Waals surface area (Å²) in [4.78, 5) is 46.0. The highest BCUT2D eigenvalue weighted by atomic mass is 16.7. The normalized spacial score (nSPS) is 29.6. The Morgan fingerprint density at radius 1 is 0.877 bits per heavy atom. The number of fused-ring (bicyclic) bond motifs is 17. The maximum atomic E-state index is 14.5. The average Bonchev–Trinajstić information content (AvgIpc) is 3.16. The molecule has 2 aliphatic heterocycles. The number of aromatic hydroxyl groups is 1. The van der Waals surface area contributed by atoms with Crippen LogP contribution >= 0.6 is 0 Å². The summed E-state index contributed by atoms with van der Waals surface area (Å²) in [5.74, 6) is -4.01. The molecule has 2 aliphatic rings. The largest absolute Gasteiger partial charge is 0.512 e. The lowest BCUT2D eigenvalue weighted by molar-refractivity contribution is -0.112. The van der Waals surface area contributed by atoms with Gasteiger partial charge in [0.25, 0.3) is 5.91 Å². The van der Waals surface area contributed by atoms with Crippen LogP contribution in [0, 0.1) is 37.5 Å². The molecule has 4 bridgehead atoms. The standard InChI is InChI=1S/C43H52N2O12/c1-18-16-27(47)33-29(17-18)57-42-34(44-33)31-30(25(8)46)41-24(7)39(51)32(31)40(52)35(42)45-43(53)20(3)13-11-12-19(2)36(48)22(5)38(50)23(6)37(49)21(4)28(54-10)14-15-55-26(9)56-41/h11-17,19,21-23,26,28,36-38,46,48-51H,1-10H3,(H,45,53)/b12-11+,15-14+,20-13-,30-25?/t19-,21+,22+,23-,26+,28-,36-,37+,38+/m0/s1. The molecule has 0 unspecified atom stereocenters. The number of amides is 1. The van der Waals surface area contributed by atoms with Gasteiger partial charge in [-0.25, -0.2) is 4.98 Å². The van der Waals surface area contributed by atoms with E-state index >= 15 is 0 Å². The first-order valence-electron chi connectivity index (χ1n) is 18.8. The second-order valence-electron chi connectivity index (χ2n) is 15.2. The fourth-order valence-corrected chi connectivity index (χ4v) is 7.40. The van der Waals surface area contributed by atoms with Gasteiger partial charge >= 0.3 is 0 Å². The minimum Gasteiger partial charge on any atom is -0.512 e. The molecular weight excluding hydrogens is 736 g/mol. The molecule has 14 heteroatoms. The molecule has 9 atom stereocenters. The number of benzene rings is 3. The molecule has 0 radical (unpaired) electrons. The van der Waals surface area contributed by atoms with E-state index in [1.165, 1.54) is 46.3 Å². The predicted molar refractivity (Wildman–Crippen MR) is 217 cm³/mol. The number of methoxy groups -OCH3 is 1. The molecule has 57 heavy (non-hydrogen) atoms. The van der Waals surface area contributed by atoms with Crippen LogP contribution < -0.4 is 26.1 Å². The predicted octanol–water partition coefficient (Wildman–Crippen LogP) is 4.93. The highest BCUT2D eigenvalue weighted by molar-refractivity contribution is 6.16. The lowest BCUT2D eigenvalue weighted by atomic mass is 9.78. The summed E-state index contributed by atoms with van der Waals surface area (Å²) >= 11 is 0. The monoisotopic (exact) mass is 788 g/mol. The van der Waals surface area contributed by atoms with Crippen LogP contribution in [0.2, 0.25) is 0 Å². The number of aliphatic hydroxyl groups is 4. The number of nitrogens with one attached hydrogen (secondary N) is 1. The molecule has 4 aromatic rings. The Morgan fingerprint density at radius 3 is 2.18 bits per heavy atom. The zero-order valence-electron chi connectivity index (χ0n) is 33.8. The van der Waals surface area contributed by atoms with Crippen molar-refractivity contribution in [1.29, 1.82) is 0 Å². The van der Waals surface area contributed by atoms with Gasteiger partial charge < -0.3 is 49.5 Å². The molecule has 6 N–H and O–H groups in total. The molecule has 1 aromatic heterocycles. The Balaban J connectivity index is 1.80. The van der Waals surface area contributed by atoms with Gasteiger partial charge in [-0.2, -0.15) is 0 Å². The van der Waals surface area contributed by atoms with Crippen molar-refractivity contribution in [1.82, 2.24) is 4.98 Å².